The molecule has 0 saturated heterocycles. The van der Waals surface area contributed by atoms with E-state index in [1.807, 2.05) is 56.3 Å². The number of anilines is 2. The van der Waals surface area contributed by atoms with Crippen LogP contribution in [0, 0.1) is 0 Å². The van der Waals surface area contributed by atoms with E-state index in [0.29, 0.717) is 23.9 Å². The van der Waals surface area contributed by atoms with Crippen LogP contribution in [-0.2, 0) is 6.61 Å². The molecule has 0 radical (unpaired) electrons. The Morgan fingerprint density at radius 3 is 2.37 bits per heavy atom. The molecule has 0 unspecified atom stereocenters. The molecular weight excluding hydrogens is 338 g/mol. The lowest BCUT2D eigenvalue weighted by atomic mass is 10.2. The van der Waals surface area contributed by atoms with Gasteiger partial charge in [0.25, 0.3) is 5.91 Å². The first-order valence-electron chi connectivity index (χ1n) is 8.91. The fourth-order valence-corrected chi connectivity index (χ4v) is 2.50. The van der Waals surface area contributed by atoms with Gasteiger partial charge in [0.15, 0.2) is 0 Å². The first kappa shape index (κ1) is 18.5. The molecule has 2 N–H and O–H groups in total. The smallest absolute Gasteiger partial charge is 0.255 e. The number of aromatic nitrogens is 1. The van der Waals surface area contributed by atoms with Crippen LogP contribution in [0.3, 0.4) is 0 Å². The molecule has 5 heteroatoms. The minimum Gasteiger partial charge on any atom is -0.489 e. The second kappa shape index (κ2) is 8.85. The van der Waals surface area contributed by atoms with E-state index >= 15 is 0 Å². The summed E-state index contributed by atoms with van der Waals surface area (Å²) in [5.74, 6) is 1.32. The molecule has 27 heavy (non-hydrogen) atoms. The Bertz CT molecular complexity index is 860. The summed E-state index contributed by atoms with van der Waals surface area (Å²) in [5.41, 5.74) is 2.31. The summed E-state index contributed by atoms with van der Waals surface area (Å²) < 4.78 is 5.74. The van der Waals surface area contributed by atoms with Gasteiger partial charge in [-0.3, -0.25) is 4.79 Å². The number of hydrogen-bond donors (Lipinski definition) is 2. The number of pyridine rings is 1. The molecule has 0 aliphatic heterocycles. The van der Waals surface area contributed by atoms with Crippen molar-refractivity contribution in [2.75, 3.05) is 10.6 Å². The van der Waals surface area contributed by atoms with E-state index in [0.717, 1.165) is 17.1 Å². The number of nitrogens with one attached hydrogen (secondary N) is 2. The van der Waals surface area contributed by atoms with Crippen molar-refractivity contribution in [3.8, 4) is 5.75 Å². The van der Waals surface area contributed by atoms with Crippen LogP contribution in [0.2, 0.25) is 0 Å². The zero-order valence-corrected chi connectivity index (χ0v) is 15.5. The number of carbonyl (C=O) groups excluding carboxylic acids is 1. The lowest BCUT2D eigenvalue weighted by Gasteiger charge is -2.10. The molecule has 5 nitrogen and oxygen atoms in total. The predicted molar refractivity (Wildman–Crippen MR) is 108 cm³/mol. The number of hydrogen-bond acceptors (Lipinski definition) is 4. The molecule has 1 amide bonds. The fourth-order valence-electron chi connectivity index (χ4n) is 2.50. The standard InChI is InChI=1S/C22H23N3O2/c1-16(2)24-21-13-10-19(14-23-21)25-22(26)18-8-11-20(12-9-18)27-15-17-6-4-3-5-7-17/h3-14,16H,15H2,1-2H3,(H,23,24)(H,25,26). The highest BCUT2D eigenvalue weighted by molar-refractivity contribution is 6.04. The van der Waals surface area contributed by atoms with Gasteiger partial charge in [0.1, 0.15) is 18.2 Å². The summed E-state index contributed by atoms with van der Waals surface area (Å²) in [5, 5.41) is 6.06. The van der Waals surface area contributed by atoms with Crippen molar-refractivity contribution in [3.05, 3.63) is 84.1 Å². The van der Waals surface area contributed by atoms with E-state index in [1.165, 1.54) is 0 Å². The molecule has 0 spiro atoms. The first-order chi connectivity index (χ1) is 13.1. The Kier molecular flexibility index (Phi) is 6.05. The normalized spacial score (nSPS) is 10.5. The van der Waals surface area contributed by atoms with Gasteiger partial charge in [-0.2, -0.15) is 0 Å². The van der Waals surface area contributed by atoms with Crippen molar-refractivity contribution in [2.45, 2.75) is 26.5 Å². The third-order valence-electron chi connectivity index (χ3n) is 3.82. The average Bonchev–Trinajstić information content (AvgIpc) is 2.69. The third kappa shape index (κ3) is 5.57. The SMILES string of the molecule is CC(C)Nc1ccc(NC(=O)c2ccc(OCc3ccccc3)cc2)cn1. The van der Waals surface area contributed by atoms with Crippen LogP contribution in [-0.4, -0.2) is 16.9 Å². The number of benzene rings is 2. The molecule has 0 saturated carbocycles. The molecule has 2 aromatic carbocycles. The lowest BCUT2D eigenvalue weighted by Crippen LogP contribution is -2.13. The minimum absolute atomic E-state index is 0.184. The van der Waals surface area contributed by atoms with Crippen molar-refractivity contribution in [3.63, 3.8) is 0 Å². The predicted octanol–water partition coefficient (Wildman–Crippen LogP) is 4.73. The number of carbonyl (C=O) groups is 1. The lowest BCUT2D eigenvalue weighted by molar-refractivity contribution is 0.102. The van der Waals surface area contributed by atoms with Crippen molar-refractivity contribution in [2.24, 2.45) is 0 Å². The number of nitrogens with zero attached hydrogens (tertiary/aromatic N) is 1. The van der Waals surface area contributed by atoms with E-state index in [9.17, 15) is 4.79 Å². The number of amides is 1. The molecule has 1 heterocycles. The maximum atomic E-state index is 12.4. The molecule has 1 aromatic heterocycles. The third-order valence-corrected chi connectivity index (χ3v) is 3.82. The van der Waals surface area contributed by atoms with Gasteiger partial charge in [-0.1, -0.05) is 30.3 Å². The highest BCUT2D eigenvalue weighted by Gasteiger charge is 2.07. The Labute approximate surface area is 159 Å². The molecule has 138 valence electrons. The van der Waals surface area contributed by atoms with Crippen molar-refractivity contribution in [1.29, 1.82) is 0 Å². The Morgan fingerprint density at radius 2 is 1.74 bits per heavy atom. The zero-order chi connectivity index (χ0) is 19.1. The first-order valence-corrected chi connectivity index (χ1v) is 8.91. The Morgan fingerprint density at radius 1 is 1.00 bits per heavy atom. The Hall–Kier alpha value is -3.34. The van der Waals surface area contributed by atoms with Gasteiger partial charge in [0.05, 0.1) is 11.9 Å². The Balaban J connectivity index is 1.55. The van der Waals surface area contributed by atoms with Crippen LogP contribution >= 0.6 is 0 Å². The summed E-state index contributed by atoms with van der Waals surface area (Å²) in [6, 6.07) is 21.0. The van der Waals surface area contributed by atoms with E-state index < -0.39 is 0 Å². The molecule has 0 aliphatic carbocycles. The van der Waals surface area contributed by atoms with Crippen molar-refractivity contribution >= 4 is 17.4 Å². The van der Waals surface area contributed by atoms with Crippen LogP contribution in [0.25, 0.3) is 0 Å². The molecule has 0 aliphatic rings. The summed E-state index contributed by atoms with van der Waals surface area (Å²) >= 11 is 0. The quantitative estimate of drug-likeness (QED) is 0.638. The maximum Gasteiger partial charge on any atom is 0.255 e. The molecule has 3 aromatic rings. The molecule has 0 bridgehead atoms. The van der Waals surface area contributed by atoms with E-state index in [4.69, 9.17) is 4.74 Å². The number of ether oxygens (including phenoxy) is 1. The highest BCUT2D eigenvalue weighted by Crippen LogP contribution is 2.16. The summed E-state index contributed by atoms with van der Waals surface area (Å²) in [6.45, 7) is 4.59. The van der Waals surface area contributed by atoms with Crippen LogP contribution in [0.15, 0.2) is 72.9 Å². The zero-order valence-electron chi connectivity index (χ0n) is 15.5. The maximum absolute atomic E-state index is 12.4. The van der Waals surface area contributed by atoms with E-state index in [-0.39, 0.29) is 5.91 Å². The van der Waals surface area contributed by atoms with Crippen LogP contribution in [0.4, 0.5) is 11.5 Å². The molecular formula is C22H23N3O2. The van der Waals surface area contributed by atoms with Gasteiger partial charge in [-0.05, 0) is 55.8 Å². The second-order valence-electron chi connectivity index (χ2n) is 6.48. The largest absolute Gasteiger partial charge is 0.489 e. The van der Waals surface area contributed by atoms with Crippen LogP contribution in [0.5, 0.6) is 5.75 Å². The van der Waals surface area contributed by atoms with Crippen LogP contribution < -0.4 is 15.4 Å². The highest BCUT2D eigenvalue weighted by atomic mass is 16.5. The molecule has 3 rings (SSSR count). The minimum atomic E-state index is -0.184. The second-order valence-corrected chi connectivity index (χ2v) is 6.48. The van der Waals surface area contributed by atoms with Gasteiger partial charge in [0.2, 0.25) is 0 Å². The van der Waals surface area contributed by atoms with Gasteiger partial charge in [-0.15, -0.1) is 0 Å². The van der Waals surface area contributed by atoms with Crippen molar-refractivity contribution < 1.29 is 9.53 Å². The van der Waals surface area contributed by atoms with Gasteiger partial charge in [-0.25, -0.2) is 4.98 Å². The van der Waals surface area contributed by atoms with E-state index in [2.05, 4.69) is 15.6 Å². The van der Waals surface area contributed by atoms with Crippen molar-refractivity contribution in [1.82, 2.24) is 4.98 Å². The fraction of sp³-hybridized carbons (Fsp3) is 0.182. The van der Waals surface area contributed by atoms with Gasteiger partial charge >= 0.3 is 0 Å². The van der Waals surface area contributed by atoms with Gasteiger partial charge in [0, 0.05) is 11.6 Å². The molecule has 0 atom stereocenters. The summed E-state index contributed by atoms with van der Waals surface area (Å²) in [7, 11) is 0. The molecule has 0 fully saturated rings. The number of rotatable bonds is 7. The van der Waals surface area contributed by atoms with E-state index in [1.54, 1.807) is 30.5 Å². The van der Waals surface area contributed by atoms with Gasteiger partial charge < -0.3 is 15.4 Å². The summed E-state index contributed by atoms with van der Waals surface area (Å²) in [4.78, 5) is 16.7. The topological polar surface area (TPSA) is 63.2 Å². The van der Waals surface area contributed by atoms with Crippen LogP contribution in [0.1, 0.15) is 29.8 Å². The monoisotopic (exact) mass is 361 g/mol. The summed E-state index contributed by atoms with van der Waals surface area (Å²) in [6.07, 6.45) is 1.64. The average molecular weight is 361 g/mol.